The molecule has 1 unspecified atom stereocenters. The normalized spacial score (nSPS) is 13.8. The fourth-order valence-corrected chi connectivity index (χ4v) is 3.90. The summed E-state index contributed by atoms with van der Waals surface area (Å²) in [6.07, 6.45) is -3.55. The second-order valence-electron chi connectivity index (χ2n) is 5.58. The van der Waals surface area contributed by atoms with Gasteiger partial charge in [-0.1, -0.05) is 0 Å². The van der Waals surface area contributed by atoms with Crippen LogP contribution in [0.5, 0.6) is 0 Å². The molecular formula is C16H21F3N4S2. The third-order valence-electron chi connectivity index (χ3n) is 3.25. The highest BCUT2D eigenvalue weighted by atomic mass is 32.1. The number of alkyl halides is 3. The number of rotatable bonds is 6. The van der Waals surface area contributed by atoms with Crippen LogP contribution in [0.2, 0.25) is 0 Å². The molecule has 0 radical (unpaired) electrons. The van der Waals surface area contributed by atoms with Crippen molar-refractivity contribution < 1.29 is 13.2 Å². The summed E-state index contributed by atoms with van der Waals surface area (Å²) in [7, 11) is 0. The van der Waals surface area contributed by atoms with Gasteiger partial charge in [-0.2, -0.15) is 13.2 Å². The lowest BCUT2D eigenvalue weighted by Gasteiger charge is -2.17. The Balaban J connectivity index is 1.96. The lowest BCUT2D eigenvalue weighted by Crippen LogP contribution is -2.43. The van der Waals surface area contributed by atoms with Crippen LogP contribution in [-0.2, 0) is 19.1 Å². The van der Waals surface area contributed by atoms with Gasteiger partial charge in [0.15, 0.2) is 11.7 Å². The van der Waals surface area contributed by atoms with Gasteiger partial charge in [-0.05, 0) is 32.9 Å². The van der Waals surface area contributed by atoms with E-state index in [-0.39, 0.29) is 12.6 Å². The van der Waals surface area contributed by atoms with E-state index in [1.165, 1.54) is 9.75 Å². The SMILES string of the molecule is CCNC(=NCc1nc(C(F)(F)F)cs1)NC(C)Cc1ccc(C)s1. The lowest BCUT2D eigenvalue weighted by molar-refractivity contribution is -0.140. The molecule has 0 spiro atoms. The molecule has 0 bridgehead atoms. The standard InChI is InChI=1S/C16H21F3N4S2/c1-4-20-15(22-10(2)7-12-6-5-11(3)25-12)21-8-14-23-13(9-24-14)16(17,18)19/h5-6,9-10H,4,7-8H2,1-3H3,(H2,20,21,22). The van der Waals surface area contributed by atoms with E-state index in [0.717, 1.165) is 23.1 Å². The number of thiophene rings is 1. The molecular weight excluding hydrogens is 369 g/mol. The molecule has 2 rings (SSSR count). The summed E-state index contributed by atoms with van der Waals surface area (Å²) in [5, 5.41) is 7.75. The molecule has 2 aromatic rings. The Labute approximate surface area is 153 Å². The van der Waals surface area contributed by atoms with E-state index >= 15 is 0 Å². The van der Waals surface area contributed by atoms with Gasteiger partial charge in [0.2, 0.25) is 0 Å². The van der Waals surface area contributed by atoms with Crippen LogP contribution >= 0.6 is 22.7 Å². The van der Waals surface area contributed by atoms with Crippen molar-refractivity contribution in [2.75, 3.05) is 6.54 Å². The van der Waals surface area contributed by atoms with Crippen LogP contribution in [0, 0.1) is 6.92 Å². The van der Waals surface area contributed by atoms with Gasteiger partial charge >= 0.3 is 6.18 Å². The zero-order valence-electron chi connectivity index (χ0n) is 14.3. The summed E-state index contributed by atoms with van der Waals surface area (Å²) in [5.74, 6) is 0.576. The quantitative estimate of drug-likeness (QED) is 0.574. The van der Waals surface area contributed by atoms with Crippen molar-refractivity contribution in [3.8, 4) is 0 Å². The molecule has 0 saturated heterocycles. The van der Waals surface area contributed by atoms with E-state index in [1.54, 1.807) is 11.3 Å². The zero-order chi connectivity index (χ0) is 18.4. The summed E-state index contributed by atoms with van der Waals surface area (Å²) in [6, 6.07) is 4.35. The Morgan fingerprint density at radius 2 is 2.12 bits per heavy atom. The number of guanidine groups is 1. The molecule has 138 valence electrons. The highest BCUT2D eigenvalue weighted by Gasteiger charge is 2.33. The average Bonchev–Trinajstić information content (AvgIpc) is 3.13. The summed E-state index contributed by atoms with van der Waals surface area (Å²) < 4.78 is 37.8. The van der Waals surface area contributed by atoms with Gasteiger partial charge in [-0.3, -0.25) is 0 Å². The van der Waals surface area contributed by atoms with Crippen molar-refractivity contribution in [2.45, 2.75) is 46.0 Å². The summed E-state index contributed by atoms with van der Waals surface area (Å²) >= 11 is 2.73. The number of aromatic nitrogens is 1. The van der Waals surface area contributed by atoms with Gasteiger partial charge in [0.25, 0.3) is 0 Å². The van der Waals surface area contributed by atoms with Crippen molar-refractivity contribution in [2.24, 2.45) is 4.99 Å². The smallest absolute Gasteiger partial charge is 0.357 e. The Morgan fingerprint density at radius 1 is 1.36 bits per heavy atom. The van der Waals surface area contributed by atoms with Crippen molar-refractivity contribution in [1.82, 2.24) is 15.6 Å². The molecule has 0 fully saturated rings. The molecule has 0 aliphatic carbocycles. The second kappa shape index (κ2) is 8.66. The number of aryl methyl sites for hydroxylation is 1. The fraction of sp³-hybridized carbons (Fsp3) is 0.500. The first-order chi connectivity index (χ1) is 11.8. The molecule has 0 aromatic carbocycles. The highest BCUT2D eigenvalue weighted by molar-refractivity contribution is 7.11. The number of thiazole rings is 1. The molecule has 0 saturated carbocycles. The van der Waals surface area contributed by atoms with Crippen LogP contribution in [0.3, 0.4) is 0 Å². The first-order valence-corrected chi connectivity index (χ1v) is 9.59. The fourth-order valence-electron chi connectivity index (χ4n) is 2.16. The van der Waals surface area contributed by atoms with Gasteiger partial charge in [0, 0.05) is 34.1 Å². The topological polar surface area (TPSA) is 49.3 Å². The van der Waals surface area contributed by atoms with E-state index < -0.39 is 11.9 Å². The summed E-state index contributed by atoms with van der Waals surface area (Å²) in [5.41, 5.74) is -0.859. The first kappa shape index (κ1) is 19.7. The van der Waals surface area contributed by atoms with Crippen molar-refractivity contribution >= 4 is 28.6 Å². The Morgan fingerprint density at radius 3 is 2.68 bits per heavy atom. The van der Waals surface area contributed by atoms with Crippen molar-refractivity contribution in [3.05, 3.63) is 38.0 Å². The van der Waals surface area contributed by atoms with Crippen molar-refractivity contribution in [3.63, 3.8) is 0 Å². The molecule has 2 aromatic heterocycles. The van der Waals surface area contributed by atoms with Crippen LogP contribution in [0.4, 0.5) is 13.2 Å². The predicted molar refractivity (Wildman–Crippen MR) is 97.3 cm³/mol. The second-order valence-corrected chi connectivity index (χ2v) is 7.90. The molecule has 2 N–H and O–H groups in total. The minimum Gasteiger partial charge on any atom is -0.357 e. The molecule has 0 aliphatic rings. The van der Waals surface area contributed by atoms with E-state index in [2.05, 4.69) is 39.7 Å². The van der Waals surface area contributed by atoms with Gasteiger partial charge < -0.3 is 10.6 Å². The number of nitrogens with zero attached hydrogens (tertiary/aromatic N) is 2. The molecule has 1 atom stereocenters. The zero-order valence-corrected chi connectivity index (χ0v) is 15.9. The maximum atomic E-state index is 12.6. The Hall–Kier alpha value is -1.61. The minimum atomic E-state index is -4.41. The molecule has 4 nitrogen and oxygen atoms in total. The molecule has 2 heterocycles. The number of hydrogen-bond acceptors (Lipinski definition) is 4. The van der Waals surface area contributed by atoms with Crippen molar-refractivity contribution in [1.29, 1.82) is 0 Å². The van der Waals surface area contributed by atoms with Crippen LogP contribution in [0.15, 0.2) is 22.5 Å². The van der Waals surface area contributed by atoms with Gasteiger partial charge in [-0.25, -0.2) is 9.98 Å². The van der Waals surface area contributed by atoms with E-state index in [4.69, 9.17) is 0 Å². The van der Waals surface area contributed by atoms with Gasteiger partial charge in [-0.15, -0.1) is 22.7 Å². The van der Waals surface area contributed by atoms with E-state index in [1.807, 2.05) is 13.8 Å². The van der Waals surface area contributed by atoms with Crippen LogP contribution < -0.4 is 10.6 Å². The maximum Gasteiger partial charge on any atom is 0.434 e. The average molecular weight is 391 g/mol. The van der Waals surface area contributed by atoms with Gasteiger partial charge in [0.1, 0.15) is 5.01 Å². The minimum absolute atomic E-state index is 0.112. The number of hydrogen-bond donors (Lipinski definition) is 2. The monoisotopic (exact) mass is 390 g/mol. The summed E-state index contributed by atoms with van der Waals surface area (Å²) in [6.45, 7) is 6.84. The number of nitrogens with one attached hydrogen (secondary N) is 2. The third-order valence-corrected chi connectivity index (χ3v) is 5.10. The molecule has 0 amide bonds. The highest BCUT2D eigenvalue weighted by Crippen LogP contribution is 2.30. The predicted octanol–water partition coefficient (Wildman–Crippen LogP) is 4.22. The van der Waals surface area contributed by atoms with E-state index in [9.17, 15) is 13.2 Å². The van der Waals surface area contributed by atoms with Gasteiger partial charge in [0.05, 0.1) is 6.54 Å². The van der Waals surface area contributed by atoms with Crippen LogP contribution in [0.25, 0.3) is 0 Å². The maximum absolute atomic E-state index is 12.6. The molecule has 0 aliphatic heterocycles. The number of halogens is 3. The Bertz CT molecular complexity index is 706. The number of aliphatic imine (C=N–C) groups is 1. The molecule has 9 heteroatoms. The molecule has 25 heavy (non-hydrogen) atoms. The van der Waals surface area contributed by atoms with Crippen LogP contribution in [0.1, 0.15) is 34.3 Å². The lowest BCUT2D eigenvalue weighted by atomic mass is 10.2. The summed E-state index contributed by atoms with van der Waals surface area (Å²) in [4.78, 5) is 10.5. The first-order valence-electron chi connectivity index (χ1n) is 7.89. The third kappa shape index (κ3) is 6.32. The van der Waals surface area contributed by atoms with E-state index in [0.29, 0.717) is 17.5 Å². The Kier molecular flexibility index (Phi) is 6.83. The largest absolute Gasteiger partial charge is 0.434 e. The van der Waals surface area contributed by atoms with Crippen LogP contribution in [-0.4, -0.2) is 23.5 Å².